The van der Waals surface area contributed by atoms with Gasteiger partial charge in [-0.05, 0) is 11.6 Å². The van der Waals surface area contributed by atoms with Crippen molar-refractivity contribution >= 4 is 11.9 Å². The van der Waals surface area contributed by atoms with Gasteiger partial charge in [0, 0.05) is 18.9 Å². The summed E-state index contributed by atoms with van der Waals surface area (Å²) in [6.45, 7) is -0.00743. The van der Waals surface area contributed by atoms with Crippen molar-refractivity contribution in [2.45, 2.75) is 6.04 Å². The zero-order valence-corrected chi connectivity index (χ0v) is 11.9. The van der Waals surface area contributed by atoms with Crippen molar-refractivity contribution in [3.63, 3.8) is 0 Å². The lowest BCUT2D eigenvalue weighted by atomic mass is 10.1. The van der Waals surface area contributed by atoms with E-state index in [4.69, 9.17) is 9.84 Å². The van der Waals surface area contributed by atoms with Crippen LogP contribution in [0, 0.1) is 0 Å². The number of carboxylic acid groups (broad SMARTS) is 1. The number of benzene rings is 1. The molecule has 1 atom stereocenters. The third-order valence-corrected chi connectivity index (χ3v) is 2.92. The third-order valence-electron chi connectivity index (χ3n) is 2.92. The van der Waals surface area contributed by atoms with E-state index in [2.05, 4.69) is 10.4 Å². The van der Waals surface area contributed by atoms with Gasteiger partial charge in [0.25, 0.3) is 0 Å². The van der Waals surface area contributed by atoms with Crippen LogP contribution in [0.15, 0.2) is 48.8 Å². The van der Waals surface area contributed by atoms with Crippen LogP contribution in [0.1, 0.15) is 11.6 Å². The van der Waals surface area contributed by atoms with Crippen molar-refractivity contribution in [1.82, 2.24) is 15.1 Å². The Labute approximate surface area is 127 Å². The predicted molar refractivity (Wildman–Crippen MR) is 78.3 cm³/mol. The van der Waals surface area contributed by atoms with Crippen molar-refractivity contribution in [3.05, 3.63) is 54.4 Å². The minimum atomic E-state index is -1.04. The van der Waals surface area contributed by atoms with Crippen LogP contribution in [-0.2, 0) is 14.3 Å². The molecule has 22 heavy (non-hydrogen) atoms. The average molecular weight is 303 g/mol. The van der Waals surface area contributed by atoms with Gasteiger partial charge in [0.15, 0.2) is 6.04 Å². The molecular weight excluding hydrogens is 286 g/mol. The average Bonchev–Trinajstić information content (AvgIpc) is 3.02. The number of carboxylic acids is 1. The maximum Gasteiger partial charge on any atom is 0.329 e. The molecule has 0 aliphatic rings. The van der Waals surface area contributed by atoms with E-state index in [0.717, 1.165) is 5.56 Å². The Morgan fingerprint density at radius 2 is 2.05 bits per heavy atom. The van der Waals surface area contributed by atoms with E-state index in [0.29, 0.717) is 0 Å². The second kappa shape index (κ2) is 7.94. The van der Waals surface area contributed by atoms with E-state index in [1.54, 1.807) is 23.1 Å². The Bertz CT molecular complexity index is 599. The first kappa shape index (κ1) is 15.7. The van der Waals surface area contributed by atoms with E-state index in [9.17, 15) is 9.59 Å². The first-order valence-corrected chi connectivity index (χ1v) is 6.80. The molecule has 1 aromatic carbocycles. The molecule has 0 fully saturated rings. The fourth-order valence-corrected chi connectivity index (χ4v) is 2.00. The SMILES string of the molecule is O=C(O)COCCNC(=O)C(c1ccccc1)n1cccn1. The van der Waals surface area contributed by atoms with Gasteiger partial charge in [-0.1, -0.05) is 30.3 Å². The number of hydrogen-bond donors (Lipinski definition) is 2. The summed E-state index contributed by atoms with van der Waals surface area (Å²) >= 11 is 0. The van der Waals surface area contributed by atoms with Crippen molar-refractivity contribution in [2.24, 2.45) is 0 Å². The van der Waals surface area contributed by atoms with Crippen molar-refractivity contribution < 1.29 is 19.4 Å². The number of aliphatic carboxylic acids is 1. The number of ether oxygens (including phenoxy) is 1. The molecule has 0 radical (unpaired) electrons. The zero-order chi connectivity index (χ0) is 15.8. The summed E-state index contributed by atoms with van der Waals surface area (Å²) in [7, 11) is 0. The topological polar surface area (TPSA) is 93.5 Å². The molecule has 0 aliphatic heterocycles. The second-order valence-corrected chi connectivity index (χ2v) is 4.54. The minimum absolute atomic E-state index is 0.138. The third kappa shape index (κ3) is 4.42. The molecule has 2 aromatic rings. The van der Waals surface area contributed by atoms with Gasteiger partial charge in [-0.25, -0.2) is 4.79 Å². The van der Waals surface area contributed by atoms with Crippen LogP contribution in [0.25, 0.3) is 0 Å². The molecule has 0 saturated heterocycles. The summed E-state index contributed by atoms with van der Waals surface area (Å²) in [6, 6.07) is 10.5. The van der Waals surface area contributed by atoms with Crippen molar-refractivity contribution in [1.29, 1.82) is 0 Å². The van der Waals surface area contributed by atoms with Crippen LogP contribution in [0.2, 0.25) is 0 Å². The molecule has 1 amide bonds. The maximum absolute atomic E-state index is 12.4. The summed E-state index contributed by atoms with van der Waals surface area (Å²) in [5.41, 5.74) is 0.815. The summed E-state index contributed by atoms with van der Waals surface area (Å²) in [4.78, 5) is 22.7. The Morgan fingerprint density at radius 3 is 2.68 bits per heavy atom. The normalized spacial score (nSPS) is 11.8. The van der Waals surface area contributed by atoms with E-state index in [-0.39, 0.29) is 25.7 Å². The molecule has 1 unspecified atom stereocenters. The molecule has 1 aromatic heterocycles. The number of aromatic nitrogens is 2. The first-order valence-electron chi connectivity index (χ1n) is 6.80. The van der Waals surface area contributed by atoms with Gasteiger partial charge in [0.2, 0.25) is 5.91 Å². The number of carbonyl (C=O) groups excluding carboxylic acids is 1. The molecule has 7 heteroatoms. The Balaban J connectivity index is 1.97. The summed E-state index contributed by atoms with van der Waals surface area (Å²) < 4.78 is 6.46. The van der Waals surface area contributed by atoms with Gasteiger partial charge in [0.05, 0.1) is 6.61 Å². The fourth-order valence-electron chi connectivity index (χ4n) is 2.00. The molecule has 7 nitrogen and oxygen atoms in total. The van der Waals surface area contributed by atoms with Crippen LogP contribution < -0.4 is 5.32 Å². The molecule has 0 spiro atoms. The number of rotatable bonds is 8. The van der Waals surface area contributed by atoms with Gasteiger partial charge in [-0.2, -0.15) is 5.10 Å². The Hall–Kier alpha value is -2.67. The van der Waals surface area contributed by atoms with E-state index in [1.165, 1.54) is 0 Å². The molecule has 1 heterocycles. The standard InChI is InChI=1S/C15H17N3O4/c19-13(20)11-22-10-8-16-15(21)14(18-9-4-7-17-18)12-5-2-1-3-6-12/h1-7,9,14H,8,10-11H2,(H,16,21)(H,19,20). The summed E-state index contributed by atoms with van der Waals surface area (Å²) in [6.07, 6.45) is 3.33. The first-order chi connectivity index (χ1) is 10.7. The minimum Gasteiger partial charge on any atom is -0.480 e. The van der Waals surface area contributed by atoms with Crippen LogP contribution >= 0.6 is 0 Å². The lowest BCUT2D eigenvalue weighted by Crippen LogP contribution is -2.35. The molecule has 116 valence electrons. The Kier molecular flexibility index (Phi) is 5.67. The predicted octanol–water partition coefficient (Wildman–Crippen LogP) is 0.690. The Morgan fingerprint density at radius 1 is 1.27 bits per heavy atom. The van der Waals surface area contributed by atoms with Crippen LogP contribution in [-0.4, -0.2) is 46.5 Å². The van der Waals surface area contributed by atoms with E-state index in [1.807, 2.05) is 30.3 Å². The number of amides is 1. The number of nitrogens with one attached hydrogen (secondary N) is 1. The molecule has 2 N–H and O–H groups in total. The van der Waals surface area contributed by atoms with Gasteiger partial charge in [0.1, 0.15) is 6.61 Å². The highest BCUT2D eigenvalue weighted by atomic mass is 16.5. The van der Waals surface area contributed by atoms with Gasteiger partial charge in [-0.15, -0.1) is 0 Å². The lowest BCUT2D eigenvalue weighted by Gasteiger charge is -2.17. The smallest absolute Gasteiger partial charge is 0.329 e. The van der Waals surface area contributed by atoms with Gasteiger partial charge < -0.3 is 15.2 Å². The van der Waals surface area contributed by atoms with Crippen LogP contribution in [0.5, 0.6) is 0 Å². The van der Waals surface area contributed by atoms with Crippen LogP contribution in [0.4, 0.5) is 0 Å². The molecule has 0 bridgehead atoms. The highest BCUT2D eigenvalue weighted by molar-refractivity contribution is 5.83. The summed E-state index contributed by atoms with van der Waals surface area (Å²) in [5.74, 6) is -1.26. The highest BCUT2D eigenvalue weighted by Gasteiger charge is 2.22. The fraction of sp³-hybridized carbons (Fsp3) is 0.267. The number of hydrogen-bond acceptors (Lipinski definition) is 4. The zero-order valence-electron chi connectivity index (χ0n) is 11.9. The maximum atomic E-state index is 12.4. The molecular formula is C15H17N3O4. The van der Waals surface area contributed by atoms with E-state index < -0.39 is 12.0 Å². The highest BCUT2D eigenvalue weighted by Crippen LogP contribution is 2.17. The van der Waals surface area contributed by atoms with Gasteiger partial charge in [-0.3, -0.25) is 9.48 Å². The van der Waals surface area contributed by atoms with E-state index >= 15 is 0 Å². The largest absolute Gasteiger partial charge is 0.480 e. The molecule has 0 saturated carbocycles. The second-order valence-electron chi connectivity index (χ2n) is 4.54. The lowest BCUT2D eigenvalue weighted by molar-refractivity contribution is -0.142. The molecule has 0 aliphatic carbocycles. The monoisotopic (exact) mass is 303 g/mol. The number of carbonyl (C=O) groups is 2. The van der Waals surface area contributed by atoms with Crippen molar-refractivity contribution in [3.8, 4) is 0 Å². The molecule has 2 rings (SSSR count). The number of nitrogens with zero attached hydrogens (tertiary/aromatic N) is 2. The summed E-state index contributed by atoms with van der Waals surface area (Å²) in [5, 5.41) is 15.3. The van der Waals surface area contributed by atoms with Gasteiger partial charge >= 0.3 is 5.97 Å². The van der Waals surface area contributed by atoms with Crippen LogP contribution in [0.3, 0.4) is 0 Å². The van der Waals surface area contributed by atoms with Crippen molar-refractivity contribution in [2.75, 3.05) is 19.8 Å². The quantitative estimate of drug-likeness (QED) is 0.700.